The lowest BCUT2D eigenvalue weighted by atomic mass is 10.1. The first-order valence-corrected chi connectivity index (χ1v) is 7.50. The number of rotatable bonds is 5. The van der Waals surface area contributed by atoms with E-state index in [0.29, 0.717) is 11.7 Å². The van der Waals surface area contributed by atoms with Gasteiger partial charge in [-0.1, -0.05) is 36.0 Å². The first kappa shape index (κ1) is 15.4. The van der Waals surface area contributed by atoms with Gasteiger partial charge in [0.15, 0.2) is 5.16 Å². The number of nitrogens with one attached hydrogen (secondary N) is 1. The van der Waals surface area contributed by atoms with Gasteiger partial charge in [0.2, 0.25) is 5.91 Å². The van der Waals surface area contributed by atoms with Crippen LogP contribution >= 0.6 is 11.8 Å². The van der Waals surface area contributed by atoms with Gasteiger partial charge in [0.1, 0.15) is 0 Å². The Morgan fingerprint density at radius 2 is 2.14 bits per heavy atom. The van der Waals surface area contributed by atoms with Crippen LogP contribution in [0.15, 0.2) is 34.2 Å². The fourth-order valence-electron chi connectivity index (χ4n) is 1.83. The summed E-state index contributed by atoms with van der Waals surface area (Å²) >= 11 is 1.25. The van der Waals surface area contributed by atoms with Crippen LogP contribution in [0, 0.1) is 6.92 Å². The van der Waals surface area contributed by atoms with Crippen molar-refractivity contribution in [2.24, 2.45) is 7.05 Å². The fourth-order valence-corrected chi connectivity index (χ4v) is 2.69. The molecule has 112 valence electrons. The minimum Gasteiger partial charge on any atom is -0.341 e. The molecular weight excluding hydrogens is 288 g/mol. The Bertz CT molecular complexity index is 692. The second kappa shape index (κ2) is 6.62. The Kier molecular flexibility index (Phi) is 4.85. The number of H-pyrrole nitrogens is 1. The van der Waals surface area contributed by atoms with Crippen molar-refractivity contribution in [2.75, 3.05) is 12.8 Å². The lowest BCUT2D eigenvalue weighted by Crippen LogP contribution is -2.28. The van der Waals surface area contributed by atoms with Gasteiger partial charge in [-0.3, -0.25) is 9.36 Å². The van der Waals surface area contributed by atoms with Gasteiger partial charge in [-0.25, -0.2) is 9.89 Å². The van der Waals surface area contributed by atoms with Crippen LogP contribution in [-0.2, 0) is 18.4 Å². The zero-order valence-electron chi connectivity index (χ0n) is 12.3. The monoisotopic (exact) mass is 306 g/mol. The number of carbonyl (C=O) groups excluding carboxylic acids is 1. The SMILES string of the molecule is Cc1ccccc1CN(C)C(=O)CSc1n[nH]c(=O)n1C. The lowest BCUT2D eigenvalue weighted by molar-refractivity contribution is -0.127. The maximum Gasteiger partial charge on any atom is 0.343 e. The summed E-state index contributed by atoms with van der Waals surface area (Å²) < 4.78 is 1.39. The summed E-state index contributed by atoms with van der Waals surface area (Å²) in [6.45, 7) is 2.60. The Balaban J connectivity index is 1.93. The number of amides is 1. The van der Waals surface area contributed by atoms with Gasteiger partial charge in [0.25, 0.3) is 0 Å². The third-order valence-corrected chi connectivity index (χ3v) is 4.27. The molecule has 0 aliphatic carbocycles. The highest BCUT2D eigenvalue weighted by molar-refractivity contribution is 7.99. The molecule has 0 radical (unpaired) electrons. The standard InChI is InChI=1S/C14H18N4O2S/c1-10-6-4-5-7-11(10)8-17(2)12(19)9-21-14-16-15-13(20)18(14)3/h4-7H,8-9H2,1-3H3,(H,15,20). The molecule has 0 bridgehead atoms. The Morgan fingerprint density at radius 3 is 2.76 bits per heavy atom. The summed E-state index contributed by atoms with van der Waals surface area (Å²) in [7, 11) is 3.40. The molecule has 0 spiro atoms. The van der Waals surface area contributed by atoms with E-state index in [1.54, 1.807) is 19.0 Å². The molecule has 0 saturated heterocycles. The van der Waals surface area contributed by atoms with E-state index in [1.165, 1.54) is 21.9 Å². The third kappa shape index (κ3) is 3.75. The van der Waals surface area contributed by atoms with Gasteiger partial charge < -0.3 is 4.90 Å². The predicted octanol–water partition coefficient (Wildman–Crippen LogP) is 1.17. The van der Waals surface area contributed by atoms with Gasteiger partial charge >= 0.3 is 5.69 Å². The topological polar surface area (TPSA) is 71.0 Å². The molecule has 1 aromatic heterocycles. The number of hydrogen-bond donors (Lipinski definition) is 1. The summed E-state index contributed by atoms with van der Waals surface area (Å²) in [5.41, 5.74) is 2.02. The van der Waals surface area contributed by atoms with E-state index in [-0.39, 0.29) is 17.3 Å². The molecule has 0 unspecified atom stereocenters. The molecule has 0 fully saturated rings. The number of carbonyl (C=O) groups is 1. The van der Waals surface area contributed by atoms with Gasteiger partial charge in [-0.15, -0.1) is 5.10 Å². The molecule has 1 heterocycles. The number of nitrogens with zero attached hydrogens (tertiary/aromatic N) is 3. The molecule has 1 aromatic carbocycles. The third-order valence-electron chi connectivity index (χ3n) is 3.26. The average Bonchev–Trinajstić information content (AvgIpc) is 2.78. The van der Waals surface area contributed by atoms with Crippen molar-refractivity contribution in [3.63, 3.8) is 0 Å². The van der Waals surface area contributed by atoms with Crippen LogP contribution in [0.5, 0.6) is 0 Å². The van der Waals surface area contributed by atoms with Crippen LogP contribution in [0.2, 0.25) is 0 Å². The summed E-state index contributed by atoms with van der Waals surface area (Å²) in [6, 6.07) is 8.00. The molecule has 6 nitrogen and oxygen atoms in total. The van der Waals surface area contributed by atoms with E-state index in [1.807, 2.05) is 31.2 Å². The van der Waals surface area contributed by atoms with Crippen LogP contribution in [-0.4, -0.2) is 38.4 Å². The van der Waals surface area contributed by atoms with Crippen LogP contribution in [0.3, 0.4) is 0 Å². The van der Waals surface area contributed by atoms with E-state index in [9.17, 15) is 9.59 Å². The van der Waals surface area contributed by atoms with Gasteiger partial charge in [-0.2, -0.15) is 0 Å². The Hall–Kier alpha value is -2.02. The zero-order chi connectivity index (χ0) is 15.4. The lowest BCUT2D eigenvalue weighted by Gasteiger charge is -2.18. The Morgan fingerprint density at radius 1 is 1.43 bits per heavy atom. The maximum absolute atomic E-state index is 12.1. The summed E-state index contributed by atoms with van der Waals surface area (Å²) in [5, 5.41) is 6.72. The second-order valence-corrected chi connectivity index (χ2v) is 5.78. The molecule has 0 aliphatic rings. The van der Waals surface area contributed by atoms with Gasteiger partial charge in [0.05, 0.1) is 5.75 Å². The van der Waals surface area contributed by atoms with Crippen LogP contribution in [0.25, 0.3) is 0 Å². The highest BCUT2D eigenvalue weighted by Crippen LogP contribution is 2.14. The first-order chi connectivity index (χ1) is 9.99. The first-order valence-electron chi connectivity index (χ1n) is 6.51. The number of benzene rings is 1. The van der Waals surface area contributed by atoms with E-state index in [0.717, 1.165) is 5.56 Å². The molecule has 1 amide bonds. The van der Waals surface area contributed by atoms with Gasteiger partial charge in [0, 0.05) is 20.6 Å². The number of aryl methyl sites for hydroxylation is 1. The largest absolute Gasteiger partial charge is 0.343 e. The van der Waals surface area contributed by atoms with Crippen molar-refractivity contribution < 1.29 is 4.79 Å². The normalized spacial score (nSPS) is 10.6. The van der Waals surface area contributed by atoms with Crippen molar-refractivity contribution in [2.45, 2.75) is 18.6 Å². The van der Waals surface area contributed by atoms with Crippen LogP contribution < -0.4 is 5.69 Å². The number of aromatic amines is 1. The fraction of sp³-hybridized carbons (Fsp3) is 0.357. The summed E-state index contributed by atoms with van der Waals surface area (Å²) in [4.78, 5) is 25.0. The van der Waals surface area contributed by atoms with E-state index in [2.05, 4.69) is 10.2 Å². The van der Waals surface area contributed by atoms with Crippen molar-refractivity contribution in [1.29, 1.82) is 0 Å². The van der Waals surface area contributed by atoms with Crippen LogP contribution in [0.4, 0.5) is 0 Å². The minimum absolute atomic E-state index is 0.00120. The molecule has 2 aromatic rings. The summed E-state index contributed by atoms with van der Waals surface area (Å²) in [5.74, 6) is 0.249. The molecule has 1 N–H and O–H groups in total. The zero-order valence-corrected chi connectivity index (χ0v) is 13.1. The van der Waals surface area contributed by atoms with Crippen molar-refractivity contribution in [1.82, 2.24) is 19.7 Å². The molecule has 2 rings (SSSR count). The highest BCUT2D eigenvalue weighted by Gasteiger charge is 2.13. The summed E-state index contributed by atoms with van der Waals surface area (Å²) in [6.07, 6.45) is 0. The van der Waals surface area contributed by atoms with Gasteiger partial charge in [-0.05, 0) is 18.1 Å². The van der Waals surface area contributed by atoms with E-state index >= 15 is 0 Å². The van der Waals surface area contributed by atoms with Crippen molar-refractivity contribution >= 4 is 17.7 Å². The Labute approximate surface area is 127 Å². The molecule has 0 atom stereocenters. The smallest absolute Gasteiger partial charge is 0.341 e. The van der Waals surface area contributed by atoms with Crippen molar-refractivity contribution in [3.8, 4) is 0 Å². The number of hydrogen-bond acceptors (Lipinski definition) is 4. The van der Waals surface area contributed by atoms with Crippen LogP contribution in [0.1, 0.15) is 11.1 Å². The van der Waals surface area contributed by atoms with E-state index < -0.39 is 0 Å². The highest BCUT2D eigenvalue weighted by atomic mass is 32.2. The van der Waals surface area contributed by atoms with Crippen molar-refractivity contribution in [3.05, 3.63) is 45.9 Å². The molecule has 0 aliphatic heterocycles. The minimum atomic E-state index is -0.279. The number of aromatic nitrogens is 3. The second-order valence-electron chi connectivity index (χ2n) is 4.84. The average molecular weight is 306 g/mol. The predicted molar refractivity (Wildman–Crippen MR) is 82.2 cm³/mol. The maximum atomic E-state index is 12.1. The molecule has 0 saturated carbocycles. The molecule has 7 heteroatoms. The number of thioether (sulfide) groups is 1. The van der Waals surface area contributed by atoms with E-state index in [4.69, 9.17) is 0 Å². The quantitative estimate of drug-likeness (QED) is 0.842. The molecule has 21 heavy (non-hydrogen) atoms. The molecular formula is C14H18N4O2S.